The zero-order chi connectivity index (χ0) is 18.0. The van der Waals surface area contributed by atoms with Gasteiger partial charge in [-0.2, -0.15) is 8.78 Å². The van der Waals surface area contributed by atoms with E-state index in [0.29, 0.717) is 3.57 Å². The summed E-state index contributed by atoms with van der Waals surface area (Å²) in [6.07, 6.45) is -0.627. The molecular weight excluding hydrogens is 651 g/mol. The van der Waals surface area contributed by atoms with Crippen LogP contribution in [-0.2, 0) is 9.53 Å². The van der Waals surface area contributed by atoms with Gasteiger partial charge in [0.25, 0.3) is 0 Å². The van der Waals surface area contributed by atoms with Crippen molar-refractivity contribution in [3.63, 3.8) is 0 Å². The van der Waals surface area contributed by atoms with E-state index < -0.39 is 23.5 Å². The summed E-state index contributed by atoms with van der Waals surface area (Å²) in [4.78, 5) is 23.3. The van der Waals surface area contributed by atoms with Gasteiger partial charge in [-0.25, -0.2) is 9.59 Å². The Morgan fingerprint density at radius 1 is 1.17 bits per heavy atom. The smallest absolute Gasteiger partial charge is 0.381 e. The summed E-state index contributed by atoms with van der Waals surface area (Å²) >= 11 is 5.97. The highest BCUT2D eigenvalue weighted by molar-refractivity contribution is 14.1. The van der Waals surface area contributed by atoms with Gasteiger partial charge in [-0.15, -0.1) is 0 Å². The molecule has 23 heavy (non-hydrogen) atoms. The van der Waals surface area contributed by atoms with Crippen LogP contribution in [-0.4, -0.2) is 28.6 Å². The lowest BCUT2D eigenvalue weighted by Gasteiger charge is -2.36. The van der Waals surface area contributed by atoms with Crippen molar-refractivity contribution >= 4 is 79.7 Å². The molecule has 0 saturated heterocycles. The van der Waals surface area contributed by atoms with E-state index in [2.05, 4.69) is 0 Å². The first-order valence-electron chi connectivity index (χ1n) is 6.51. The summed E-state index contributed by atoms with van der Waals surface area (Å²) in [5.74, 6) is -7.43. The normalized spacial score (nSPS) is 12.1. The monoisotopic (exact) mass is 664 g/mol. The predicted molar refractivity (Wildman–Crippen MR) is 106 cm³/mol. The Morgan fingerprint density at radius 3 is 2.13 bits per heavy atom. The van der Waals surface area contributed by atoms with Crippen molar-refractivity contribution in [2.45, 2.75) is 38.2 Å². The fourth-order valence-electron chi connectivity index (χ4n) is 2.03. The van der Waals surface area contributed by atoms with E-state index in [1.54, 1.807) is 0 Å². The Balaban J connectivity index is 3.31. The second kappa shape index (κ2) is 8.06. The summed E-state index contributed by atoms with van der Waals surface area (Å²) in [6, 6.07) is 3.36. The number of carboxylic acids is 1. The Labute approximate surface area is 173 Å². The molecule has 0 aliphatic carbocycles. The second-order valence-corrected chi connectivity index (χ2v) is 8.21. The van der Waals surface area contributed by atoms with Gasteiger partial charge in [0.15, 0.2) is 5.60 Å². The molecule has 4 nitrogen and oxygen atoms in total. The van der Waals surface area contributed by atoms with E-state index in [0.717, 1.165) is 7.14 Å². The predicted octanol–water partition coefficient (Wildman–Crippen LogP) is 4.94. The van der Waals surface area contributed by atoms with Gasteiger partial charge in [-0.3, -0.25) is 0 Å². The Hall–Kier alpha value is 0.210. The first kappa shape index (κ1) is 21.3. The number of rotatable bonds is 6. The summed E-state index contributed by atoms with van der Waals surface area (Å²) < 4.78 is 35.4. The summed E-state index contributed by atoms with van der Waals surface area (Å²) in [7, 11) is 0. The molecule has 1 aromatic rings. The van der Waals surface area contributed by atoms with Gasteiger partial charge in [0.2, 0.25) is 0 Å². The fraction of sp³-hybridized carbons (Fsp3) is 0.429. The molecule has 9 heteroatoms. The number of carbonyl (C=O) groups is 2. The van der Waals surface area contributed by atoms with Crippen LogP contribution in [0.2, 0.25) is 0 Å². The summed E-state index contributed by atoms with van der Waals surface area (Å²) in [5.41, 5.74) is -2.24. The number of hydrogen-bond donors (Lipinski definition) is 1. The van der Waals surface area contributed by atoms with Crippen molar-refractivity contribution in [2.24, 2.45) is 0 Å². The number of esters is 1. The first-order chi connectivity index (χ1) is 10.5. The van der Waals surface area contributed by atoms with Crippen LogP contribution in [0, 0.1) is 10.7 Å². The van der Waals surface area contributed by atoms with Crippen LogP contribution in [0.5, 0.6) is 0 Å². The maximum absolute atomic E-state index is 14.1. The van der Waals surface area contributed by atoms with Gasteiger partial charge in [0, 0.05) is 10.7 Å². The summed E-state index contributed by atoms with van der Waals surface area (Å²) in [6.45, 7) is 2.74. The lowest BCUT2D eigenvalue weighted by atomic mass is 9.89. The number of ether oxygens (including phenoxy) is 1. The molecule has 0 unspecified atom stereocenters. The highest BCUT2D eigenvalue weighted by atomic mass is 127. The number of benzene rings is 1. The van der Waals surface area contributed by atoms with E-state index in [1.807, 2.05) is 73.8 Å². The van der Waals surface area contributed by atoms with Gasteiger partial charge in [-0.1, -0.05) is 13.8 Å². The Morgan fingerprint density at radius 2 is 1.70 bits per heavy atom. The van der Waals surface area contributed by atoms with Gasteiger partial charge < -0.3 is 9.84 Å². The highest BCUT2D eigenvalue weighted by Crippen LogP contribution is 2.39. The Bertz CT molecular complexity index is 631. The number of carbonyl (C=O) groups excluding carboxylic acids is 1. The molecule has 0 atom stereocenters. The van der Waals surface area contributed by atoms with Crippen LogP contribution in [0.1, 0.15) is 37.0 Å². The minimum absolute atomic E-state index is 0.148. The van der Waals surface area contributed by atoms with E-state index in [-0.39, 0.29) is 18.4 Å². The van der Waals surface area contributed by atoms with Gasteiger partial charge in [0.05, 0.1) is 5.56 Å². The minimum atomic E-state index is -4.17. The third-order valence-electron chi connectivity index (χ3n) is 3.48. The fourth-order valence-corrected chi connectivity index (χ4v) is 4.41. The van der Waals surface area contributed by atoms with E-state index >= 15 is 0 Å². The van der Waals surface area contributed by atoms with E-state index in [1.165, 1.54) is 19.9 Å². The molecular formula is C14H13F2I3O4. The maximum Gasteiger partial charge on any atom is 0.381 e. The average molecular weight is 664 g/mol. The number of halogens is 5. The molecule has 1 N–H and O–H groups in total. The first-order valence-corrected chi connectivity index (χ1v) is 9.75. The molecule has 0 fully saturated rings. The molecule has 0 aliphatic heterocycles. The minimum Gasteiger partial charge on any atom is -0.477 e. The molecule has 0 heterocycles. The zero-order valence-electron chi connectivity index (χ0n) is 12.1. The molecule has 0 saturated carbocycles. The average Bonchev–Trinajstić information content (AvgIpc) is 2.47. The Kier molecular flexibility index (Phi) is 7.45. The SMILES string of the molecule is CCC(CC)(OC(=O)c1cc(I)cc(I)c1I)C(F)(F)C(=O)O. The third kappa shape index (κ3) is 4.25. The highest BCUT2D eigenvalue weighted by Gasteiger charge is 2.60. The second-order valence-electron chi connectivity index (χ2n) is 4.72. The molecule has 0 spiro atoms. The number of hydrogen-bond acceptors (Lipinski definition) is 3. The van der Waals surface area contributed by atoms with Crippen LogP contribution in [0.25, 0.3) is 0 Å². The molecule has 1 aromatic carbocycles. The molecule has 128 valence electrons. The standard InChI is InChI=1S/C14H13F2I3O4/c1-3-13(4-2,14(15,16)12(21)22)23-11(20)8-5-7(17)6-9(18)10(8)19/h5-6H,3-4H2,1-2H3,(H,21,22). The van der Waals surface area contributed by atoms with Crippen molar-refractivity contribution in [1.29, 1.82) is 0 Å². The quantitative estimate of drug-likeness (QED) is 0.266. The van der Waals surface area contributed by atoms with Crippen molar-refractivity contribution in [3.8, 4) is 0 Å². The summed E-state index contributed by atoms with van der Waals surface area (Å²) in [5, 5.41) is 8.82. The van der Waals surface area contributed by atoms with Crippen molar-refractivity contribution in [2.75, 3.05) is 0 Å². The van der Waals surface area contributed by atoms with Gasteiger partial charge in [-0.05, 0) is 92.7 Å². The molecule has 0 bridgehead atoms. The number of alkyl halides is 2. The van der Waals surface area contributed by atoms with Crippen molar-refractivity contribution < 1.29 is 28.2 Å². The van der Waals surface area contributed by atoms with Crippen LogP contribution >= 0.6 is 67.8 Å². The largest absolute Gasteiger partial charge is 0.477 e. The third-order valence-corrected chi connectivity index (χ3v) is 7.15. The van der Waals surface area contributed by atoms with Crippen molar-refractivity contribution in [1.82, 2.24) is 0 Å². The molecule has 0 amide bonds. The number of carboxylic acid groups (broad SMARTS) is 1. The lowest BCUT2D eigenvalue weighted by Crippen LogP contribution is -2.55. The topological polar surface area (TPSA) is 63.6 Å². The van der Waals surface area contributed by atoms with Gasteiger partial charge in [0.1, 0.15) is 0 Å². The van der Waals surface area contributed by atoms with Crippen LogP contribution in [0.15, 0.2) is 12.1 Å². The van der Waals surface area contributed by atoms with Gasteiger partial charge >= 0.3 is 17.9 Å². The molecule has 0 radical (unpaired) electrons. The van der Waals surface area contributed by atoms with Crippen molar-refractivity contribution in [3.05, 3.63) is 28.4 Å². The van der Waals surface area contributed by atoms with Crippen LogP contribution in [0.4, 0.5) is 8.78 Å². The van der Waals surface area contributed by atoms with Crippen LogP contribution < -0.4 is 0 Å². The molecule has 0 aliphatic rings. The zero-order valence-corrected chi connectivity index (χ0v) is 18.6. The lowest BCUT2D eigenvalue weighted by molar-refractivity contribution is -0.210. The van der Waals surface area contributed by atoms with E-state index in [9.17, 15) is 18.4 Å². The van der Waals surface area contributed by atoms with Crippen LogP contribution in [0.3, 0.4) is 0 Å². The molecule has 0 aromatic heterocycles. The van der Waals surface area contributed by atoms with E-state index in [4.69, 9.17) is 9.84 Å². The maximum atomic E-state index is 14.1. The number of aliphatic carboxylic acids is 1. The molecule has 1 rings (SSSR count).